The summed E-state index contributed by atoms with van der Waals surface area (Å²) in [6.45, 7) is 3.46. The van der Waals surface area contributed by atoms with Crippen LogP contribution in [0.4, 0.5) is 5.69 Å². The van der Waals surface area contributed by atoms with Crippen LogP contribution in [0.1, 0.15) is 22.6 Å². The number of nitro groups is 1. The second-order valence-corrected chi connectivity index (χ2v) is 4.04. The van der Waals surface area contributed by atoms with Crippen molar-refractivity contribution in [1.29, 1.82) is 5.26 Å². The van der Waals surface area contributed by atoms with Gasteiger partial charge in [0.15, 0.2) is 0 Å². The van der Waals surface area contributed by atoms with Gasteiger partial charge in [0.05, 0.1) is 22.7 Å². The molecule has 0 amide bonds. The van der Waals surface area contributed by atoms with Gasteiger partial charge in [0.1, 0.15) is 17.5 Å². The Morgan fingerprint density at radius 2 is 2.26 bits per heavy atom. The summed E-state index contributed by atoms with van der Waals surface area (Å²) in [7, 11) is 0. The molecule has 2 heterocycles. The maximum Gasteiger partial charge on any atom is 0.312 e. The standard InChI is InChI=1S/C12H11N5O2/c1-8-12(17(18)19)9(2)16(15-8)7-11-10(6-13)4-3-5-14-11/h3-5H,7H2,1-2H3. The van der Waals surface area contributed by atoms with Gasteiger partial charge < -0.3 is 0 Å². The summed E-state index contributed by atoms with van der Waals surface area (Å²) in [6, 6.07) is 5.37. The fourth-order valence-corrected chi connectivity index (χ4v) is 1.91. The van der Waals surface area contributed by atoms with Crippen LogP contribution in [0, 0.1) is 35.3 Å². The summed E-state index contributed by atoms with van der Waals surface area (Å²) in [4.78, 5) is 14.6. The van der Waals surface area contributed by atoms with Crippen LogP contribution in [0.15, 0.2) is 18.3 Å². The highest BCUT2D eigenvalue weighted by molar-refractivity contribution is 5.40. The average Bonchev–Trinajstić information content (AvgIpc) is 2.65. The maximum atomic E-state index is 10.9. The molecule has 2 aromatic heterocycles. The largest absolute Gasteiger partial charge is 0.312 e. The minimum atomic E-state index is -0.447. The lowest BCUT2D eigenvalue weighted by molar-refractivity contribution is -0.386. The molecule has 0 saturated heterocycles. The zero-order valence-electron chi connectivity index (χ0n) is 10.5. The van der Waals surface area contributed by atoms with Gasteiger partial charge in [0, 0.05) is 6.20 Å². The Hall–Kier alpha value is -2.75. The van der Waals surface area contributed by atoms with Crippen molar-refractivity contribution in [3.05, 3.63) is 51.1 Å². The third-order valence-electron chi connectivity index (χ3n) is 2.84. The van der Waals surface area contributed by atoms with Gasteiger partial charge in [-0.3, -0.25) is 19.8 Å². The first-order valence-corrected chi connectivity index (χ1v) is 5.57. The van der Waals surface area contributed by atoms with Crippen LogP contribution in [0.3, 0.4) is 0 Å². The lowest BCUT2D eigenvalue weighted by Gasteiger charge is -2.04. The third-order valence-corrected chi connectivity index (χ3v) is 2.84. The molecule has 0 atom stereocenters. The van der Waals surface area contributed by atoms with E-state index in [9.17, 15) is 10.1 Å². The van der Waals surface area contributed by atoms with E-state index >= 15 is 0 Å². The predicted molar refractivity (Wildman–Crippen MR) is 66.4 cm³/mol. The van der Waals surface area contributed by atoms with Crippen LogP contribution >= 0.6 is 0 Å². The SMILES string of the molecule is Cc1nn(Cc2ncccc2C#N)c(C)c1[N+](=O)[O-]. The summed E-state index contributed by atoms with van der Waals surface area (Å²) >= 11 is 0. The molecular formula is C12H11N5O2. The van der Waals surface area contributed by atoms with Crippen LogP contribution in [0.25, 0.3) is 0 Å². The molecule has 0 aliphatic carbocycles. The Labute approximate surface area is 109 Å². The molecular weight excluding hydrogens is 246 g/mol. The fraction of sp³-hybridized carbons (Fsp3) is 0.250. The summed E-state index contributed by atoms with van der Waals surface area (Å²) < 4.78 is 1.50. The summed E-state index contributed by atoms with van der Waals surface area (Å²) in [6.07, 6.45) is 1.58. The van der Waals surface area contributed by atoms with E-state index in [2.05, 4.69) is 10.1 Å². The lowest BCUT2D eigenvalue weighted by atomic mass is 10.2. The van der Waals surface area contributed by atoms with Crippen molar-refractivity contribution >= 4 is 5.69 Å². The van der Waals surface area contributed by atoms with Crippen molar-refractivity contribution in [2.45, 2.75) is 20.4 Å². The Kier molecular flexibility index (Phi) is 3.25. The van der Waals surface area contributed by atoms with Gasteiger partial charge >= 0.3 is 5.69 Å². The quantitative estimate of drug-likeness (QED) is 0.616. The lowest BCUT2D eigenvalue weighted by Crippen LogP contribution is -2.07. The normalized spacial score (nSPS) is 10.2. The zero-order chi connectivity index (χ0) is 14.0. The van der Waals surface area contributed by atoms with Crippen LogP contribution in [0.5, 0.6) is 0 Å². The highest BCUT2D eigenvalue weighted by Gasteiger charge is 2.22. The maximum absolute atomic E-state index is 10.9. The van der Waals surface area contributed by atoms with Crippen LogP contribution in [-0.4, -0.2) is 19.7 Å². The molecule has 0 unspecified atom stereocenters. The van der Waals surface area contributed by atoms with E-state index in [4.69, 9.17) is 5.26 Å². The second-order valence-electron chi connectivity index (χ2n) is 4.04. The monoisotopic (exact) mass is 257 g/mol. The van der Waals surface area contributed by atoms with E-state index in [-0.39, 0.29) is 12.2 Å². The molecule has 0 N–H and O–H groups in total. The number of aryl methyl sites for hydroxylation is 1. The molecule has 0 fully saturated rings. The summed E-state index contributed by atoms with van der Waals surface area (Å²) in [5, 5.41) is 24.0. The molecule has 19 heavy (non-hydrogen) atoms. The summed E-state index contributed by atoms with van der Waals surface area (Å²) in [5.74, 6) is 0. The number of hydrogen-bond donors (Lipinski definition) is 0. The summed E-state index contributed by atoms with van der Waals surface area (Å²) in [5.41, 5.74) is 1.81. The Balaban J connectivity index is 2.43. The molecule has 0 saturated carbocycles. The van der Waals surface area contributed by atoms with Crippen LogP contribution in [0.2, 0.25) is 0 Å². The van der Waals surface area contributed by atoms with E-state index < -0.39 is 4.92 Å². The highest BCUT2D eigenvalue weighted by atomic mass is 16.6. The Morgan fingerprint density at radius 1 is 1.53 bits per heavy atom. The van der Waals surface area contributed by atoms with Gasteiger partial charge in [-0.05, 0) is 26.0 Å². The van der Waals surface area contributed by atoms with Crippen molar-refractivity contribution < 1.29 is 4.92 Å². The smallest absolute Gasteiger partial charge is 0.258 e. The molecule has 0 spiro atoms. The first-order valence-electron chi connectivity index (χ1n) is 5.57. The second kappa shape index (κ2) is 4.86. The van der Waals surface area contributed by atoms with Gasteiger partial charge in [-0.2, -0.15) is 10.4 Å². The van der Waals surface area contributed by atoms with E-state index in [1.165, 1.54) is 4.68 Å². The van der Waals surface area contributed by atoms with Gasteiger partial charge in [0.25, 0.3) is 0 Å². The molecule has 96 valence electrons. The minimum absolute atomic E-state index is 0.00874. The Bertz CT molecular complexity index is 684. The van der Waals surface area contributed by atoms with Gasteiger partial charge in [-0.15, -0.1) is 0 Å². The van der Waals surface area contributed by atoms with Gasteiger partial charge in [-0.25, -0.2) is 0 Å². The molecule has 0 bridgehead atoms. The van der Waals surface area contributed by atoms with Crippen molar-refractivity contribution in [3.63, 3.8) is 0 Å². The van der Waals surface area contributed by atoms with Crippen molar-refractivity contribution in [2.24, 2.45) is 0 Å². The number of nitrogens with zero attached hydrogens (tertiary/aromatic N) is 5. The number of rotatable bonds is 3. The third kappa shape index (κ3) is 2.28. The molecule has 2 rings (SSSR count). The van der Waals surface area contributed by atoms with Gasteiger partial charge in [0.2, 0.25) is 0 Å². The minimum Gasteiger partial charge on any atom is -0.258 e. The van der Waals surface area contributed by atoms with Gasteiger partial charge in [-0.1, -0.05) is 0 Å². The molecule has 2 aromatic rings. The first-order chi connectivity index (χ1) is 9.04. The van der Waals surface area contributed by atoms with E-state index in [1.807, 2.05) is 6.07 Å². The van der Waals surface area contributed by atoms with Crippen LogP contribution < -0.4 is 0 Å². The number of pyridine rings is 1. The average molecular weight is 257 g/mol. The first kappa shape index (κ1) is 12.7. The van der Waals surface area contributed by atoms with Crippen LogP contribution in [-0.2, 0) is 6.54 Å². The number of hydrogen-bond acceptors (Lipinski definition) is 5. The van der Waals surface area contributed by atoms with Crippen molar-refractivity contribution in [3.8, 4) is 6.07 Å². The van der Waals surface area contributed by atoms with E-state index in [0.717, 1.165) is 0 Å². The topological polar surface area (TPSA) is 97.6 Å². The molecule has 7 nitrogen and oxygen atoms in total. The zero-order valence-corrected chi connectivity index (χ0v) is 10.5. The fourth-order valence-electron chi connectivity index (χ4n) is 1.91. The Morgan fingerprint density at radius 3 is 2.84 bits per heavy atom. The van der Waals surface area contributed by atoms with Crippen molar-refractivity contribution in [2.75, 3.05) is 0 Å². The van der Waals surface area contributed by atoms with E-state index in [1.54, 1.807) is 32.2 Å². The predicted octanol–water partition coefficient (Wildman–Crippen LogP) is 1.72. The highest BCUT2D eigenvalue weighted by Crippen LogP contribution is 2.22. The number of aromatic nitrogens is 3. The molecule has 0 aliphatic heterocycles. The van der Waals surface area contributed by atoms with Crippen molar-refractivity contribution in [1.82, 2.24) is 14.8 Å². The molecule has 0 aliphatic rings. The molecule has 0 aromatic carbocycles. The van der Waals surface area contributed by atoms with E-state index in [0.29, 0.717) is 22.6 Å². The molecule has 7 heteroatoms. The number of nitriles is 1. The molecule has 0 radical (unpaired) electrons.